The van der Waals surface area contributed by atoms with Gasteiger partial charge in [0.1, 0.15) is 5.75 Å². The normalized spacial score (nSPS) is 12.1. The molecule has 2 aromatic rings. The number of carbonyl (C=O) groups is 1. The highest BCUT2D eigenvalue weighted by atomic mass is 35.6. The number of amides is 1. The monoisotopic (exact) mass is 433 g/mol. The molecular formula is C15H10Cl3N3O6. The van der Waals surface area contributed by atoms with Gasteiger partial charge in [-0.15, -0.1) is 0 Å². The van der Waals surface area contributed by atoms with Gasteiger partial charge in [0.2, 0.25) is 10.0 Å². The van der Waals surface area contributed by atoms with Gasteiger partial charge in [0.25, 0.3) is 17.3 Å². The topological polar surface area (TPSA) is 125 Å². The number of hydrogen-bond donors (Lipinski definition) is 1. The SMILES string of the molecule is O=C(N[C@@H](Oc1ccc([N+](=O)[O-])cc1)C(Cl)(Cl)Cl)c1cccc([N+](=O)[O-])c1. The number of non-ortho nitro benzene ring substituents is 2. The van der Waals surface area contributed by atoms with E-state index >= 15 is 0 Å². The minimum absolute atomic E-state index is 0.0456. The fraction of sp³-hybridized carbons (Fsp3) is 0.133. The van der Waals surface area contributed by atoms with Crippen LogP contribution in [0, 0.1) is 20.2 Å². The van der Waals surface area contributed by atoms with Gasteiger partial charge in [-0.3, -0.25) is 25.0 Å². The molecule has 1 N–H and O–H groups in total. The third-order valence-corrected chi connectivity index (χ3v) is 3.77. The zero-order chi connectivity index (χ0) is 20.2. The number of nitro groups is 2. The number of hydrogen-bond acceptors (Lipinski definition) is 6. The first-order chi connectivity index (χ1) is 12.6. The second-order valence-corrected chi connectivity index (χ2v) is 7.44. The van der Waals surface area contributed by atoms with Gasteiger partial charge in [0.05, 0.1) is 9.85 Å². The number of nitro benzene ring substituents is 2. The standard InChI is InChI=1S/C15H10Cl3N3O6/c16-15(17,18)14(27-12-6-4-10(5-7-12)20(23)24)19-13(22)9-2-1-3-11(8-9)21(25)26/h1-8,14H,(H,19,22)/t14-/m0/s1. The molecule has 2 aromatic carbocycles. The molecule has 0 unspecified atom stereocenters. The fourth-order valence-corrected chi connectivity index (χ4v) is 2.22. The Morgan fingerprint density at radius 3 is 2.11 bits per heavy atom. The molecule has 0 heterocycles. The van der Waals surface area contributed by atoms with Crippen LogP contribution in [0.15, 0.2) is 48.5 Å². The highest BCUT2D eigenvalue weighted by Gasteiger charge is 2.36. The summed E-state index contributed by atoms with van der Waals surface area (Å²) in [6.45, 7) is 0. The van der Waals surface area contributed by atoms with Crippen molar-refractivity contribution in [1.29, 1.82) is 0 Å². The molecule has 0 aromatic heterocycles. The molecule has 0 aliphatic carbocycles. The number of nitrogens with one attached hydrogen (secondary N) is 1. The lowest BCUT2D eigenvalue weighted by molar-refractivity contribution is -0.385. The van der Waals surface area contributed by atoms with E-state index in [-0.39, 0.29) is 22.7 Å². The average Bonchev–Trinajstić information content (AvgIpc) is 2.60. The van der Waals surface area contributed by atoms with E-state index in [0.717, 1.165) is 6.07 Å². The molecule has 0 aliphatic heterocycles. The molecule has 0 saturated heterocycles. The average molecular weight is 435 g/mol. The van der Waals surface area contributed by atoms with Crippen LogP contribution in [-0.4, -0.2) is 25.8 Å². The van der Waals surface area contributed by atoms with Crippen molar-refractivity contribution in [2.24, 2.45) is 0 Å². The minimum Gasteiger partial charge on any atom is -0.466 e. The van der Waals surface area contributed by atoms with Crippen LogP contribution in [0.5, 0.6) is 5.75 Å². The molecule has 0 bridgehead atoms. The van der Waals surface area contributed by atoms with Crippen LogP contribution < -0.4 is 10.1 Å². The summed E-state index contributed by atoms with van der Waals surface area (Å²) in [6.07, 6.45) is -1.48. The van der Waals surface area contributed by atoms with Crippen LogP contribution in [0.3, 0.4) is 0 Å². The smallest absolute Gasteiger partial charge is 0.270 e. The summed E-state index contributed by atoms with van der Waals surface area (Å²) in [6, 6.07) is 9.81. The largest absolute Gasteiger partial charge is 0.466 e. The maximum atomic E-state index is 12.3. The summed E-state index contributed by atoms with van der Waals surface area (Å²) >= 11 is 17.5. The van der Waals surface area contributed by atoms with E-state index in [1.807, 2.05) is 0 Å². The number of halogens is 3. The third kappa shape index (κ3) is 5.68. The molecule has 0 spiro atoms. The molecule has 1 atom stereocenters. The summed E-state index contributed by atoms with van der Waals surface area (Å²) in [4.78, 5) is 32.6. The van der Waals surface area contributed by atoms with Crippen molar-refractivity contribution in [2.45, 2.75) is 10.0 Å². The zero-order valence-corrected chi connectivity index (χ0v) is 15.4. The number of benzene rings is 2. The zero-order valence-electron chi connectivity index (χ0n) is 13.2. The second kappa shape index (κ2) is 8.38. The summed E-state index contributed by atoms with van der Waals surface area (Å²) in [5, 5.41) is 23.8. The maximum Gasteiger partial charge on any atom is 0.270 e. The molecule has 0 radical (unpaired) electrons. The van der Waals surface area contributed by atoms with Gasteiger partial charge in [-0.25, -0.2) is 0 Å². The lowest BCUT2D eigenvalue weighted by atomic mass is 10.2. The Morgan fingerprint density at radius 2 is 1.59 bits per heavy atom. The summed E-state index contributed by atoms with van der Waals surface area (Å²) in [5.41, 5.74) is -0.506. The first-order valence-electron chi connectivity index (χ1n) is 7.11. The predicted molar refractivity (Wildman–Crippen MR) is 98.4 cm³/mol. The Morgan fingerprint density at radius 1 is 1.00 bits per heavy atom. The van der Waals surface area contributed by atoms with Crippen LogP contribution in [0.4, 0.5) is 11.4 Å². The number of alkyl halides is 3. The fourth-order valence-electron chi connectivity index (χ4n) is 1.92. The minimum atomic E-state index is -2.10. The quantitative estimate of drug-likeness (QED) is 0.317. The number of rotatable bonds is 6. The Balaban J connectivity index is 2.19. The number of carbonyl (C=O) groups excluding carboxylic acids is 1. The van der Waals surface area contributed by atoms with E-state index in [0.29, 0.717) is 0 Å². The van der Waals surface area contributed by atoms with E-state index < -0.39 is 25.8 Å². The van der Waals surface area contributed by atoms with Crippen molar-refractivity contribution in [1.82, 2.24) is 5.32 Å². The van der Waals surface area contributed by atoms with Gasteiger partial charge in [0, 0.05) is 29.8 Å². The molecule has 0 saturated carbocycles. The van der Waals surface area contributed by atoms with Crippen molar-refractivity contribution in [3.63, 3.8) is 0 Å². The van der Waals surface area contributed by atoms with Crippen LogP contribution >= 0.6 is 34.8 Å². The van der Waals surface area contributed by atoms with E-state index in [2.05, 4.69) is 5.32 Å². The van der Waals surface area contributed by atoms with Gasteiger partial charge in [-0.1, -0.05) is 40.9 Å². The van der Waals surface area contributed by atoms with E-state index in [4.69, 9.17) is 39.5 Å². The van der Waals surface area contributed by atoms with Crippen LogP contribution in [0.1, 0.15) is 10.4 Å². The van der Waals surface area contributed by atoms with Gasteiger partial charge in [0.15, 0.2) is 0 Å². The van der Waals surface area contributed by atoms with Gasteiger partial charge < -0.3 is 10.1 Å². The van der Waals surface area contributed by atoms with Crippen molar-refractivity contribution in [3.05, 3.63) is 74.3 Å². The Bertz CT molecular complexity index is 870. The molecule has 0 aliphatic rings. The van der Waals surface area contributed by atoms with Gasteiger partial charge >= 0.3 is 0 Å². The predicted octanol–water partition coefficient (Wildman–Crippen LogP) is 4.01. The number of ether oxygens (including phenoxy) is 1. The highest BCUT2D eigenvalue weighted by Crippen LogP contribution is 2.32. The molecule has 12 heteroatoms. The molecule has 0 fully saturated rings. The summed E-state index contributed by atoms with van der Waals surface area (Å²) < 4.78 is 3.30. The lowest BCUT2D eigenvalue weighted by Crippen LogP contribution is -2.47. The Hall–Kier alpha value is -2.62. The first-order valence-corrected chi connectivity index (χ1v) is 8.24. The van der Waals surface area contributed by atoms with Crippen LogP contribution in [0.2, 0.25) is 0 Å². The van der Waals surface area contributed by atoms with Crippen molar-refractivity contribution >= 4 is 52.1 Å². The molecule has 142 valence electrons. The number of nitrogens with zero attached hydrogens (tertiary/aromatic N) is 2. The first kappa shape index (κ1) is 20.7. The molecule has 2 rings (SSSR count). The van der Waals surface area contributed by atoms with E-state index in [9.17, 15) is 25.0 Å². The third-order valence-electron chi connectivity index (χ3n) is 3.18. The highest BCUT2D eigenvalue weighted by molar-refractivity contribution is 6.68. The van der Waals surface area contributed by atoms with Gasteiger partial charge in [-0.05, 0) is 18.2 Å². The molecule has 1 amide bonds. The summed E-state index contributed by atoms with van der Waals surface area (Å²) in [7, 11) is 0. The van der Waals surface area contributed by atoms with Crippen LogP contribution in [0.25, 0.3) is 0 Å². The molecule has 27 heavy (non-hydrogen) atoms. The van der Waals surface area contributed by atoms with E-state index in [1.54, 1.807) is 0 Å². The van der Waals surface area contributed by atoms with Gasteiger partial charge in [-0.2, -0.15) is 0 Å². The Kier molecular flexibility index (Phi) is 6.42. The Labute approximate surface area is 167 Å². The molecule has 9 nitrogen and oxygen atoms in total. The van der Waals surface area contributed by atoms with Crippen molar-refractivity contribution in [2.75, 3.05) is 0 Å². The maximum absolute atomic E-state index is 12.3. The van der Waals surface area contributed by atoms with Crippen molar-refractivity contribution in [3.8, 4) is 5.75 Å². The van der Waals surface area contributed by atoms with Crippen LogP contribution in [-0.2, 0) is 0 Å². The van der Waals surface area contributed by atoms with Crippen molar-refractivity contribution < 1.29 is 19.4 Å². The lowest BCUT2D eigenvalue weighted by Gasteiger charge is -2.26. The molecular weight excluding hydrogens is 425 g/mol. The summed E-state index contributed by atoms with van der Waals surface area (Å²) in [5.74, 6) is -0.687. The van der Waals surface area contributed by atoms with E-state index in [1.165, 1.54) is 42.5 Å². The second-order valence-electron chi connectivity index (χ2n) is 5.07.